The Hall–Kier alpha value is -0.680. The number of rotatable bonds is 7. The second kappa shape index (κ2) is 6.81. The maximum absolute atomic E-state index is 11.2. The summed E-state index contributed by atoms with van der Waals surface area (Å²) in [5.41, 5.74) is 1.19. The second-order valence-electron chi connectivity index (χ2n) is 3.96. The molecule has 0 saturated heterocycles. The van der Waals surface area contributed by atoms with E-state index in [0.29, 0.717) is 0 Å². The van der Waals surface area contributed by atoms with Gasteiger partial charge in [-0.25, -0.2) is 4.98 Å². The van der Waals surface area contributed by atoms with Gasteiger partial charge in [-0.15, -0.1) is 0 Å². The van der Waals surface area contributed by atoms with Crippen LogP contribution in [0.25, 0.3) is 0 Å². The van der Waals surface area contributed by atoms with Gasteiger partial charge in [0.15, 0.2) is 0 Å². The van der Waals surface area contributed by atoms with Crippen LogP contribution in [0.1, 0.15) is 26.0 Å². The number of nitrogens with one attached hydrogen (secondary N) is 1. The Bertz CT molecular complexity index is 338. The van der Waals surface area contributed by atoms with E-state index in [1.54, 1.807) is 6.26 Å². The van der Waals surface area contributed by atoms with E-state index in [0.717, 1.165) is 26.1 Å². The Morgan fingerprint density at radius 2 is 2.38 bits per heavy atom. The SMILES string of the molecule is CCNCc1cncn1CCC(C)S(C)=O. The highest BCUT2D eigenvalue weighted by atomic mass is 32.2. The molecule has 0 radical (unpaired) electrons. The van der Waals surface area contributed by atoms with Gasteiger partial charge >= 0.3 is 0 Å². The van der Waals surface area contributed by atoms with Crippen LogP contribution in [0.3, 0.4) is 0 Å². The van der Waals surface area contributed by atoms with Crippen molar-refractivity contribution in [1.82, 2.24) is 14.9 Å². The summed E-state index contributed by atoms with van der Waals surface area (Å²) in [6.45, 7) is 6.81. The Morgan fingerprint density at radius 1 is 1.62 bits per heavy atom. The number of hydrogen-bond acceptors (Lipinski definition) is 3. The minimum absolute atomic E-state index is 0.245. The first-order valence-corrected chi connectivity index (χ1v) is 7.29. The summed E-state index contributed by atoms with van der Waals surface area (Å²) >= 11 is 0. The molecule has 0 aliphatic rings. The molecule has 4 nitrogen and oxygen atoms in total. The monoisotopic (exact) mass is 243 g/mol. The van der Waals surface area contributed by atoms with Crippen molar-refractivity contribution in [3.63, 3.8) is 0 Å². The van der Waals surface area contributed by atoms with Gasteiger partial charge in [0.2, 0.25) is 0 Å². The number of nitrogens with zero attached hydrogens (tertiary/aromatic N) is 2. The molecule has 0 aliphatic heterocycles. The summed E-state index contributed by atoms with van der Waals surface area (Å²) in [4.78, 5) is 4.14. The maximum Gasteiger partial charge on any atom is 0.0948 e. The zero-order chi connectivity index (χ0) is 12.0. The maximum atomic E-state index is 11.2. The van der Waals surface area contributed by atoms with Crippen LogP contribution in [-0.4, -0.2) is 31.8 Å². The predicted octanol–water partition coefficient (Wildman–Crippen LogP) is 1.15. The largest absolute Gasteiger partial charge is 0.333 e. The molecule has 16 heavy (non-hydrogen) atoms. The van der Waals surface area contributed by atoms with E-state index in [4.69, 9.17) is 0 Å². The highest BCUT2D eigenvalue weighted by molar-refractivity contribution is 7.84. The first-order chi connectivity index (χ1) is 7.65. The van der Waals surface area contributed by atoms with Crippen molar-refractivity contribution in [2.75, 3.05) is 12.8 Å². The van der Waals surface area contributed by atoms with Crippen LogP contribution in [-0.2, 0) is 23.9 Å². The normalized spacial score (nSPS) is 14.9. The van der Waals surface area contributed by atoms with Crippen LogP contribution < -0.4 is 5.32 Å². The Labute approximate surface area is 99.9 Å². The van der Waals surface area contributed by atoms with E-state index >= 15 is 0 Å². The van der Waals surface area contributed by atoms with E-state index in [2.05, 4.69) is 21.8 Å². The van der Waals surface area contributed by atoms with Crippen LogP contribution in [0.2, 0.25) is 0 Å². The van der Waals surface area contributed by atoms with Gasteiger partial charge in [0.05, 0.1) is 12.0 Å². The second-order valence-corrected chi connectivity index (χ2v) is 5.76. The van der Waals surface area contributed by atoms with Crippen molar-refractivity contribution >= 4 is 10.8 Å². The lowest BCUT2D eigenvalue weighted by Gasteiger charge is -2.11. The molecule has 0 aromatic carbocycles. The van der Waals surface area contributed by atoms with Gasteiger partial charge in [-0.2, -0.15) is 0 Å². The smallest absolute Gasteiger partial charge is 0.0948 e. The van der Waals surface area contributed by atoms with E-state index in [1.165, 1.54) is 5.69 Å². The minimum atomic E-state index is -0.733. The van der Waals surface area contributed by atoms with Crippen molar-refractivity contribution in [1.29, 1.82) is 0 Å². The lowest BCUT2D eigenvalue weighted by atomic mass is 10.3. The standard InChI is InChI=1S/C11H21N3OS/c1-4-12-7-11-8-13-9-14(11)6-5-10(2)16(3)15/h8-10,12H,4-7H2,1-3H3. The van der Waals surface area contributed by atoms with Gasteiger partial charge < -0.3 is 9.88 Å². The lowest BCUT2D eigenvalue weighted by Crippen LogP contribution is -2.17. The molecule has 0 fully saturated rings. The summed E-state index contributed by atoms with van der Waals surface area (Å²) in [7, 11) is -0.733. The fraction of sp³-hybridized carbons (Fsp3) is 0.727. The number of aromatic nitrogens is 2. The molecule has 5 heteroatoms. The van der Waals surface area contributed by atoms with Crippen molar-refractivity contribution in [2.24, 2.45) is 0 Å². The van der Waals surface area contributed by atoms with Crippen LogP contribution in [0.5, 0.6) is 0 Å². The first kappa shape index (κ1) is 13.4. The highest BCUT2D eigenvalue weighted by Crippen LogP contribution is 2.05. The Kier molecular flexibility index (Phi) is 5.69. The molecule has 1 rings (SSSR count). The summed E-state index contributed by atoms with van der Waals surface area (Å²) in [5, 5.41) is 3.53. The van der Waals surface area contributed by atoms with Crippen LogP contribution in [0, 0.1) is 0 Å². The molecule has 1 aromatic heterocycles. The molecule has 0 spiro atoms. The summed E-state index contributed by atoms with van der Waals surface area (Å²) in [6.07, 6.45) is 6.42. The van der Waals surface area contributed by atoms with E-state index < -0.39 is 10.8 Å². The van der Waals surface area contributed by atoms with E-state index in [9.17, 15) is 4.21 Å². The molecular formula is C11H21N3OS. The number of imidazole rings is 1. The molecule has 0 bridgehead atoms. The van der Waals surface area contributed by atoms with Gasteiger partial charge in [-0.1, -0.05) is 13.8 Å². The summed E-state index contributed by atoms with van der Waals surface area (Å²) in [5.74, 6) is 0. The van der Waals surface area contributed by atoms with Crippen molar-refractivity contribution in [3.8, 4) is 0 Å². The van der Waals surface area contributed by atoms with Crippen molar-refractivity contribution in [3.05, 3.63) is 18.2 Å². The molecule has 1 N–H and O–H groups in total. The molecule has 0 amide bonds. The number of hydrogen-bond donors (Lipinski definition) is 1. The molecule has 1 heterocycles. The quantitative estimate of drug-likeness (QED) is 0.781. The molecule has 92 valence electrons. The molecule has 0 saturated carbocycles. The summed E-state index contributed by atoms with van der Waals surface area (Å²) in [6, 6.07) is 0. The van der Waals surface area contributed by atoms with Gasteiger partial charge in [0, 0.05) is 41.6 Å². The number of aryl methyl sites for hydroxylation is 1. The molecule has 2 atom stereocenters. The van der Waals surface area contributed by atoms with Crippen molar-refractivity contribution < 1.29 is 4.21 Å². The topological polar surface area (TPSA) is 46.9 Å². The molecule has 1 aromatic rings. The van der Waals surface area contributed by atoms with Gasteiger partial charge in [-0.3, -0.25) is 4.21 Å². The predicted molar refractivity (Wildman–Crippen MR) is 67.8 cm³/mol. The Morgan fingerprint density at radius 3 is 3.00 bits per heavy atom. The third-order valence-corrected chi connectivity index (χ3v) is 4.07. The van der Waals surface area contributed by atoms with Gasteiger partial charge in [-0.05, 0) is 13.0 Å². The first-order valence-electron chi connectivity index (χ1n) is 5.67. The van der Waals surface area contributed by atoms with E-state index in [-0.39, 0.29) is 5.25 Å². The average Bonchev–Trinajstić information content (AvgIpc) is 2.70. The summed E-state index contributed by atoms with van der Waals surface area (Å²) < 4.78 is 13.4. The molecule has 2 unspecified atom stereocenters. The lowest BCUT2D eigenvalue weighted by molar-refractivity contribution is 0.583. The highest BCUT2D eigenvalue weighted by Gasteiger charge is 2.07. The van der Waals surface area contributed by atoms with Crippen LogP contribution >= 0.6 is 0 Å². The zero-order valence-corrected chi connectivity index (χ0v) is 11.1. The third-order valence-electron chi connectivity index (χ3n) is 2.70. The van der Waals surface area contributed by atoms with E-state index in [1.807, 2.05) is 19.4 Å². The fourth-order valence-electron chi connectivity index (χ4n) is 1.44. The molecule has 0 aliphatic carbocycles. The molecular weight excluding hydrogens is 222 g/mol. The van der Waals surface area contributed by atoms with Crippen LogP contribution in [0.4, 0.5) is 0 Å². The minimum Gasteiger partial charge on any atom is -0.333 e. The van der Waals surface area contributed by atoms with Gasteiger partial charge in [0.25, 0.3) is 0 Å². The Balaban J connectivity index is 2.47. The third kappa shape index (κ3) is 4.06. The van der Waals surface area contributed by atoms with Crippen molar-refractivity contribution in [2.45, 2.75) is 38.6 Å². The van der Waals surface area contributed by atoms with Gasteiger partial charge in [0.1, 0.15) is 0 Å². The fourth-order valence-corrected chi connectivity index (χ4v) is 1.87. The average molecular weight is 243 g/mol. The van der Waals surface area contributed by atoms with Crippen LogP contribution in [0.15, 0.2) is 12.5 Å². The zero-order valence-electron chi connectivity index (χ0n) is 10.3.